The number of aryl methyl sites for hydroxylation is 2. The minimum atomic E-state index is -0.826. The van der Waals surface area contributed by atoms with E-state index in [0.29, 0.717) is 19.6 Å². The molecule has 1 aromatic heterocycles. The Morgan fingerprint density at radius 2 is 2.12 bits per heavy atom. The van der Waals surface area contributed by atoms with Crippen LogP contribution in [0.2, 0.25) is 0 Å². The lowest BCUT2D eigenvalue weighted by Crippen LogP contribution is -2.75. The van der Waals surface area contributed by atoms with Gasteiger partial charge in [0, 0.05) is 43.9 Å². The zero-order valence-corrected chi connectivity index (χ0v) is 17.2. The number of carbonyl (C=O) groups excluding carboxylic acids is 1. The maximum absolute atomic E-state index is 12.5. The normalized spacial score (nSPS) is 23.8. The molecule has 0 radical (unpaired) electrons. The van der Waals surface area contributed by atoms with E-state index in [1.54, 1.807) is 0 Å². The van der Waals surface area contributed by atoms with Gasteiger partial charge in [0.25, 0.3) is 0 Å². The summed E-state index contributed by atoms with van der Waals surface area (Å²) in [7, 11) is 0. The first-order valence-corrected chi connectivity index (χ1v) is 8.49. The first-order valence-electron chi connectivity index (χ1n) is 8.49. The van der Waals surface area contributed by atoms with Crippen LogP contribution in [0, 0.1) is 12.3 Å². The minimum absolute atomic E-state index is 0. The van der Waals surface area contributed by atoms with Crippen LogP contribution in [0.4, 0.5) is 0 Å². The Balaban J connectivity index is 0.00000288. The number of hydrogen-bond donors (Lipinski definition) is 2. The van der Waals surface area contributed by atoms with Crippen molar-refractivity contribution in [2.45, 2.75) is 65.1 Å². The monoisotopic (exact) mass is 394 g/mol. The van der Waals surface area contributed by atoms with E-state index in [-0.39, 0.29) is 42.2 Å². The van der Waals surface area contributed by atoms with Crippen molar-refractivity contribution in [3.63, 3.8) is 0 Å². The quantitative estimate of drug-likeness (QED) is 0.663. The van der Waals surface area contributed by atoms with Gasteiger partial charge in [-0.15, -0.1) is 24.8 Å². The Bertz CT molecular complexity index is 551. The zero-order chi connectivity index (χ0) is 17.1. The Kier molecular flexibility index (Phi) is 9.44. The lowest BCUT2D eigenvalue weighted by atomic mass is 9.54. The van der Waals surface area contributed by atoms with Crippen LogP contribution in [0.15, 0.2) is 12.4 Å². The fourth-order valence-electron chi connectivity index (χ4n) is 3.23. The van der Waals surface area contributed by atoms with Gasteiger partial charge in [-0.2, -0.15) is 0 Å². The Morgan fingerprint density at radius 1 is 1.44 bits per heavy atom. The molecule has 1 aromatic rings. The summed E-state index contributed by atoms with van der Waals surface area (Å²) in [6.45, 7) is 10.2. The first kappa shape index (κ1) is 24.2. The van der Waals surface area contributed by atoms with Gasteiger partial charge in [0.2, 0.25) is 5.91 Å². The number of imidazole rings is 1. The molecule has 6 nitrogen and oxygen atoms in total. The number of ether oxygens (including phenoxy) is 1. The predicted octanol–water partition coefficient (Wildman–Crippen LogP) is 2.46. The Morgan fingerprint density at radius 3 is 2.64 bits per heavy atom. The molecule has 146 valence electrons. The van der Waals surface area contributed by atoms with Crippen molar-refractivity contribution in [1.82, 2.24) is 14.9 Å². The van der Waals surface area contributed by atoms with E-state index in [2.05, 4.69) is 14.9 Å². The molecule has 0 bridgehead atoms. The fourth-order valence-corrected chi connectivity index (χ4v) is 3.23. The van der Waals surface area contributed by atoms with Gasteiger partial charge in [0.15, 0.2) is 0 Å². The molecular formula is C17H32Cl2N4O2. The van der Waals surface area contributed by atoms with E-state index < -0.39 is 5.54 Å². The van der Waals surface area contributed by atoms with Crippen molar-refractivity contribution in [3.8, 4) is 0 Å². The van der Waals surface area contributed by atoms with E-state index in [1.807, 2.05) is 40.1 Å². The molecule has 1 aliphatic carbocycles. The van der Waals surface area contributed by atoms with Crippen LogP contribution in [0.3, 0.4) is 0 Å². The lowest BCUT2D eigenvalue weighted by molar-refractivity contribution is -0.170. The molecule has 8 heteroatoms. The second-order valence-electron chi connectivity index (χ2n) is 6.97. The van der Waals surface area contributed by atoms with Crippen LogP contribution in [-0.2, 0) is 16.1 Å². The Labute approximate surface area is 163 Å². The number of hydrogen-bond acceptors (Lipinski definition) is 4. The van der Waals surface area contributed by atoms with Gasteiger partial charge in [-0.25, -0.2) is 4.98 Å². The molecule has 1 heterocycles. The molecule has 3 N–H and O–H groups in total. The first-order chi connectivity index (χ1) is 10.8. The topological polar surface area (TPSA) is 82.2 Å². The molecule has 1 saturated carbocycles. The van der Waals surface area contributed by atoms with Crippen molar-refractivity contribution >= 4 is 30.7 Å². The van der Waals surface area contributed by atoms with E-state index in [4.69, 9.17) is 10.5 Å². The highest BCUT2D eigenvalue weighted by molar-refractivity contribution is 5.88. The maximum atomic E-state index is 12.5. The summed E-state index contributed by atoms with van der Waals surface area (Å²) in [4.78, 5) is 16.6. The van der Waals surface area contributed by atoms with Gasteiger partial charge in [-0.3, -0.25) is 4.79 Å². The van der Waals surface area contributed by atoms with E-state index in [9.17, 15) is 4.79 Å². The van der Waals surface area contributed by atoms with Crippen molar-refractivity contribution in [2.75, 3.05) is 13.2 Å². The summed E-state index contributed by atoms with van der Waals surface area (Å²) >= 11 is 0. The standard InChI is InChI=1S/C17H30N4O2.2ClH/c1-5-23-14-12-17(18,16(14,3)4)15(22)20-8-6-7-10-21-11-9-19-13(21)2;;/h9,11,14H,5-8,10,12,18H2,1-4H3,(H,20,22);2*1H. The molecule has 25 heavy (non-hydrogen) atoms. The number of nitrogens with one attached hydrogen (secondary N) is 1. The summed E-state index contributed by atoms with van der Waals surface area (Å²) in [6.07, 6.45) is 6.37. The van der Waals surface area contributed by atoms with Crippen molar-refractivity contribution in [3.05, 3.63) is 18.2 Å². The van der Waals surface area contributed by atoms with Gasteiger partial charge >= 0.3 is 0 Å². The molecule has 1 aliphatic rings. The second kappa shape index (κ2) is 9.76. The molecule has 2 rings (SSSR count). The number of nitrogens with two attached hydrogens (primary N) is 1. The number of nitrogens with zero attached hydrogens (tertiary/aromatic N) is 2. The summed E-state index contributed by atoms with van der Waals surface area (Å²) in [5.74, 6) is 0.963. The molecule has 0 aliphatic heterocycles. The Hall–Kier alpha value is -0.820. The maximum Gasteiger partial charge on any atom is 0.240 e. The van der Waals surface area contributed by atoms with E-state index in [1.165, 1.54) is 0 Å². The molecule has 1 amide bonds. The molecule has 2 unspecified atom stereocenters. The molecule has 0 aromatic carbocycles. The average molecular weight is 395 g/mol. The molecule has 0 spiro atoms. The van der Waals surface area contributed by atoms with Gasteiger partial charge in [0.1, 0.15) is 11.4 Å². The smallest absolute Gasteiger partial charge is 0.240 e. The largest absolute Gasteiger partial charge is 0.378 e. The molecule has 2 atom stereocenters. The highest BCUT2D eigenvalue weighted by atomic mass is 35.5. The van der Waals surface area contributed by atoms with E-state index >= 15 is 0 Å². The van der Waals surface area contributed by atoms with Gasteiger partial charge in [-0.05, 0) is 26.7 Å². The molecule has 0 saturated heterocycles. The van der Waals surface area contributed by atoms with Crippen molar-refractivity contribution in [1.29, 1.82) is 0 Å². The number of rotatable bonds is 8. The van der Waals surface area contributed by atoms with E-state index in [0.717, 1.165) is 25.2 Å². The highest BCUT2D eigenvalue weighted by Crippen LogP contribution is 2.49. The second-order valence-corrected chi connectivity index (χ2v) is 6.97. The third-order valence-electron chi connectivity index (χ3n) is 5.27. The summed E-state index contributed by atoms with van der Waals surface area (Å²) in [5, 5.41) is 2.99. The van der Waals surface area contributed by atoms with Crippen LogP contribution in [-0.4, -0.2) is 40.3 Å². The SMILES string of the molecule is CCOC1CC(N)(C(=O)NCCCCn2ccnc2C)C1(C)C.Cl.Cl. The van der Waals surface area contributed by atoms with Gasteiger partial charge in [-0.1, -0.05) is 13.8 Å². The number of amides is 1. The van der Waals surface area contributed by atoms with Crippen molar-refractivity contribution < 1.29 is 9.53 Å². The van der Waals surface area contributed by atoms with Crippen molar-refractivity contribution in [2.24, 2.45) is 11.1 Å². The fraction of sp³-hybridized carbons (Fsp3) is 0.765. The third kappa shape index (κ3) is 4.88. The summed E-state index contributed by atoms with van der Waals surface area (Å²) in [6, 6.07) is 0. The number of carbonyl (C=O) groups is 1. The van der Waals surface area contributed by atoms with Crippen LogP contribution in [0.1, 0.15) is 45.9 Å². The van der Waals surface area contributed by atoms with Crippen LogP contribution >= 0.6 is 24.8 Å². The minimum Gasteiger partial charge on any atom is -0.378 e. The highest BCUT2D eigenvalue weighted by Gasteiger charge is 2.62. The number of halogens is 2. The van der Waals surface area contributed by atoms with Crippen LogP contribution in [0.5, 0.6) is 0 Å². The summed E-state index contributed by atoms with van der Waals surface area (Å²) in [5.41, 5.74) is 5.19. The molecular weight excluding hydrogens is 363 g/mol. The molecule has 1 fully saturated rings. The summed E-state index contributed by atoms with van der Waals surface area (Å²) < 4.78 is 7.78. The van der Waals surface area contributed by atoms with Crippen LogP contribution in [0.25, 0.3) is 0 Å². The van der Waals surface area contributed by atoms with Gasteiger partial charge < -0.3 is 20.4 Å². The van der Waals surface area contributed by atoms with Crippen LogP contribution < -0.4 is 11.1 Å². The average Bonchev–Trinajstić information content (AvgIpc) is 2.91. The zero-order valence-electron chi connectivity index (χ0n) is 15.6. The lowest BCUT2D eigenvalue weighted by Gasteiger charge is -2.57. The predicted molar refractivity (Wildman–Crippen MR) is 104 cm³/mol. The third-order valence-corrected chi connectivity index (χ3v) is 5.27. The van der Waals surface area contributed by atoms with Gasteiger partial charge in [0.05, 0.1) is 6.10 Å². The number of aromatic nitrogens is 2. The number of unbranched alkanes of at least 4 members (excludes halogenated alkanes) is 1.